The average Bonchev–Trinajstić information content (AvgIpc) is 2.41. The van der Waals surface area contributed by atoms with Gasteiger partial charge in [0.05, 0.1) is 0 Å². The van der Waals surface area contributed by atoms with Gasteiger partial charge in [-0.15, -0.1) is 0 Å². The van der Waals surface area contributed by atoms with Gasteiger partial charge in [-0.1, -0.05) is 12.1 Å². The normalized spacial score (nSPS) is 10.4. The zero-order chi connectivity index (χ0) is 13.4. The predicted molar refractivity (Wildman–Crippen MR) is 74.1 cm³/mol. The molecule has 1 rings (SSSR count). The maximum atomic E-state index is 10.6. The number of benzene rings is 1. The smallest absolute Gasteiger partial charge is 0.120 e. The van der Waals surface area contributed by atoms with Gasteiger partial charge in [-0.3, -0.25) is 0 Å². The summed E-state index contributed by atoms with van der Waals surface area (Å²) in [5, 5.41) is 0. The largest absolute Gasteiger partial charge is 0.372 e. The van der Waals surface area contributed by atoms with Crippen LogP contribution in [0.15, 0.2) is 24.3 Å². The maximum absolute atomic E-state index is 10.6. The molecule has 0 aliphatic heterocycles. The first kappa shape index (κ1) is 14.4. The lowest BCUT2D eigenvalue weighted by Gasteiger charge is -2.22. The van der Waals surface area contributed by atoms with Crippen LogP contribution in [0.5, 0.6) is 0 Å². The Balaban J connectivity index is 2.85. The van der Waals surface area contributed by atoms with E-state index >= 15 is 0 Å². The van der Waals surface area contributed by atoms with Crippen molar-refractivity contribution in [1.29, 1.82) is 0 Å². The van der Waals surface area contributed by atoms with Crippen LogP contribution in [-0.2, 0) is 9.59 Å². The van der Waals surface area contributed by atoms with Crippen LogP contribution in [0.2, 0.25) is 0 Å². The molecule has 0 N–H and O–H groups in total. The number of aldehydes is 2. The summed E-state index contributed by atoms with van der Waals surface area (Å²) in [5.41, 5.74) is 2.24. The van der Waals surface area contributed by atoms with E-state index < -0.39 is 0 Å². The van der Waals surface area contributed by atoms with Gasteiger partial charge < -0.3 is 14.5 Å². The van der Waals surface area contributed by atoms with Crippen LogP contribution >= 0.6 is 0 Å². The van der Waals surface area contributed by atoms with Crippen LogP contribution in [0.25, 0.3) is 0 Å². The summed E-state index contributed by atoms with van der Waals surface area (Å²) in [6.45, 7) is 6.20. The fraction of sp³-hybridized carbons (Fsp3) is 0.467. The molecule has 0 unspecified atom stereocenters. The predicted octanol–water partition coefficient (Wildman–Crippen LogP) is 2.79. The van der Waals surface area contributed by atoms with E-state index in [0.717, 1.165) is 31.2 Å². The molecule has 1 aromatic rings. The van der Waals surface area contributed by atoms with Crippen molar-refractivity contribution >= 4 is 18.3 Å². The lowest BCUT2D eigenvalue weighted by molar-refractivity contribution is -0.109. The Hall–Kier alpha value is -1.64. The number of carbonyl (C=O) groups is 2. The quantitative estimate of drug-likeness (QED) is 0.663. The molecule has 0 radical (unpaired) electrons. The second-order valence-electron chi connectivity index (χ2n) is 4.27. The molecule has 3 heteroatoms. The molecule has 0 fully saturated rings. The summed E-state index contributed by atoms with van der Waals surface area (Å²) in [4.78, 5) is 23.5. The van der Waals surface area contributed by atoms with Gasteiger partial charge in [-0.2, -0.15) is 0 Å². The number of hydrogen-bond acceptors (Lipinski definition) is 3. The molecule has 0 heterocycles. The van der Waals surface area contributed by atoms with Crippen molar-refractivity contribution in [2.24, 2.45) is 0 Å². The highest BCUT2D eigenvalue weighted by Gasteiger charge is 2.11. The molecule has 0 atom stereocenters. The van der Waals surface area contributed by atoms with Gasteiger partial charge in [-0.05, 0) is 37.5 Å². The maximum Gasteiger partial charge on any atom is 0.120 e. The summed E-state index contributed by atoms with van der Waals surface area (Å²) in [6, 6.07) is 8.16. The third-order valence-electron chi connectivity index (χ3n) is 3.25. The topological polar surface area (TPSA) is 37.4 Å². The van der Waals surface area contributed by atoms with Crippen molar-refractivity contribution in [2.75, 3.05) is 18.0 Å². The Labute approximate surface area is 109 Å². The fourth-order valence-corrected chi connectivity index (χ4v) is 2.15. The SMILES string of the molecule is CCN(CC)c1ccc(C(CC=O)CC=O)cc1. The average molecular weight is 247 g/mol. The second-order valence-corrected chi connectivity index (χ2v) is 4.27. The third-order valence-corrected chi connectivity index (χ3v) is 3.25. The van der Waals surface area contributed by atoms with Crippen molar-refractivity contribution in [3.63, 3.8) is 0 Å². The summed E-state index contributed by atoms with van der Waals surface area (Å²) in [5.74, 6) is 0.0192. The lowest BCUT2D eigenvalue weighted by Crippen LogP contribution is -2.21. The van der Waals surface area contributed by atoms with Crippen LogP contribution in [0.1, 0.15) is 38.2 Å². The lowest BCUT2D eigenvalue weighted by atomic mass is 9.93. The van der Waals surface area contributed by atoms with Crippen molar-refractivity contribution in [3.05, 3.63) is 29.8 Å². The van der Waals surface area contributed by atoms with Crippen molar-refractivity contribution < 1.29 is 9.59 Å². The van der Waals surface area contributed by atoms with E-state index in [9.17, 15) is 9.59 Å². The van der Waals surface area contributed by atoms with E-state index in [1.54, 1.807) is 0 Å². The Kier molecular flexibility index (Phi) is 6.12. The Morgan fingerprint density at radius 1 is 1.00 bits per heavy atom. The Bertz CT molecular complexity index is 359. The molecule has 0 amide bonds. The second kappa shape index (κ2) is 7.64. The highest BCUT2D eigenvalue weighted by molar-refractivity contribution is 5.58. The first-order chi connectivity index (χ1) is 8.76. The van der Waals surface area contributed by atoms with Crippen molar-refractivity contribution in [3.8, 4) is 0 Å². The molecule has 0 saturated heterocycles. The van der Waals surface area contributed by atoms with Gasteiger partial charge >= 0.3 is 0 Å². The molecular weight excluding hydrogens is 226 g/mol. The fourth-order valence-electron chi connectivity index (χ4n) is 2.15. The van der Waals surface area contributed by atoms with Crippen LogP contribution in [0.4, 0.5) is 5.69 Å². The molecule has 0 aromatic heterocycles. The molecular formula is C15H21NO2. The first-order valence-corrected chi connectivity index (χ1v) is 6.48. The van der Waals surface area contributed by atoms with Crippen LogP contribution in [0.3, 0.4) is 0 Å². The molecule has 0 bridgehead atoms. The van der Waals surface area contributed by atoms with Gasteiger partial charge in [0, 0.05) is 31.6 Å². The van der Waals surface area contributed by atoms with E-state index in [1.165, 1.54) is 5.69 Å². The molecule has 98 valence electrons. The van der Waals surface area contributed by atoms with Gasteiger partial charge in [0.2, 0.25) is 0 Å². The third kappa shape index (κ3) is 3.69. The molecule has 0 aliphatic rings. The van der Waals surface area contributed by atoms with Crippen molar-refractivity contribution in [1.82, 2.24) is 0 Å². The minimum Gasteiger partial charge on any atom is -0.372 e. The Morgan fingerprint density at radius 3 is 1.89 bits per heavy atom. The van der Waals surface area contributed by atoms with Gasteiger partial charge in [0.1, 0.15) is 12.6 Å². The molecule has 18 heavy (non-hydrogen) atoms. The van der Waals surface area contributed by atoms with E-state index in [4.69, 9.17) is 0 Å². The molecule has 0 saturated carbocycles. The molecule has 3 nitrogen and oxygen atoms in total. The highest BCUT2D eigenvalue weighted by atomic mass is 16.1. The minimum absolute atomic E-state index is 0.0192. The van der Waals surface area contributed by atoms with Gasteiger partial charge in [0.25, 0.3) is 0 Å². The van der Waals surface area contributed by atoms with E-state index in [0.29, 0.717) is 12.8 Å². The summed E-state index contributed by atoms with van der Waals surface area (Å²) in [7, 11) is 0. The zero-order valence-corrected chi connectivity index (χ0v) is 11.1. The number of nitrogens with zero attached hydrogens (tertiary/aromatic N) is 1. The standard InChI is InChI=1S/C15H21NO2/c1-3-16(4-2)15-7-5-13(6-8-15)14(9-11-17)10-12-18/h5-8,11-12,14H,3-4,9-10H2,1-2H3. The van der Waals surface area contributed by atoms with Gasteiger partial charge in [-0.25, -0.2) is 0 Å². The minimum atomic E-state index is 0.0192. The first-order valence-electron chi connectivity index (χ1n) is 6.48. The molecule has 1 aromatic carbocycles. The number of anilines is 1. The van der Waals surface area contributed by atoms with Crippen LogP contribution in [0, 0.1) is 0 Å². The van der Waals surface area contributed by atoms with Crippen LogP contribution in [-0.4, -0.2) is 25.7 Å². The highest BCUT2D eigenvalue weighted by Crippen LogP contribution is 2.24. The van der Waals surface area contributed by atoms with E-state index in [1.807, 2.05) is 12.1 Å². The molecule has 0 aliphatic carbocycles. The molecule has 0 spiro atoms. The van der Waals surface area contributed by atoms with Crippen molar-refractivity contribution in [2.45, 2.75) is 32.6 Å². The summed E-state index contributed by atoms with van der Waals surface area (Å²) < 4.78 is 0. The number of carbonyl (C=O) groups excluding carboxylic acids is 2. The van der Waals surface area contributed by atoms with Gasteiger partial charge in [0.15, 0.2) is 0 Å². The summed E-state index contributed by atoms with van der Waals surface area (Å²) >= 11 is 0. The summed E-state index contributed by atoms with van der Waals surface area (Å²) in [6.07, 6.45) is 2.58. The monoisotopic (exact) mass is 247 g/mol. The van der Waals surface area contributed by atoms with E-state index in [-0.39, 0.29) is 5.92 Å². The van der Waals surface area contributed by atoms with Crippen LogP contribution < -0.4 is 4.90 Å². The number of hydrogen-bond donors (Lipinski definition) is 0. The number of rotatable bonds is 8. The Morgan fingerprint density at radius 2 is 1.50 bits per heavy atom. The zero-order valence-electron chi connectivity index (χ0n) is 11.1. The van der Waals surface area contributed by atoms with E-state index in [2.05, 4.69) is 30.9 Å².